The van der Waals surface area contributed by atoms with Crippen molar-refractivity contribution in [3.05, 3.63) is 29.6 Å². The van der Waals surface area contributed by atoms with Crippen LogP contribution in [0.15, 0.2) is 24.4 Å². The normalized spacial score (nSPS) is 8.11. The smallest absolute Gasteiger partial charge is 0 e. The molecule has 1 rings (SSSR count). The van der Waals surface area contributed by atoms with Crippen LogP contribution in [0.25, 0.3) is 0 Å². The first-order chi connectivity index (χ1) is 3.80. The van der Waals surface area contributed by atoms with Gasteiger partial charge in [-0.1, -0.05) is 0 Å². The van der Waals surface area contributed by atoms with Crippen molar-refractivity contribution in [2.24, 2.45) is 0 Å². The maximum atomic E-state index is 10.5. The van der Waals surface area contributed by atoms with E-state index in [0.717, 1.165) is 4.73 Å². The van der Waals surface area contributed by atoms with Crippen molar-refractivity contribution in [1.29, 1.82) is 0 Å². The van der Waals surface area contributed by atoms with Crippen molar-refractivity contribution in [3.8, 4) is 0 Å². The minimum atomic E-state index is 0. The summed E-state index contributed by atoms with van der Waals surface area (Å²) in [5, 5.41) is 10.5. The van der Waals surface area contributed by atoms with E-state index in [-0.39, 0.29) is 19.5 Å². The van der Waals surface area contributed by atoms with E-state index in [0.29, 0.717) is 4.59 Å². The second-order valence-corrected chi connectivity index (χ2v) is 2.35. The van der Waals surface area contributed by atoms with Crippen LogP contribution in [0.4, 0.5) is 0 Å². The van der Waals surface area contributed by atoms with Gasteiger partial charge in [-0.2, -0.15) is 0 Å². The van der Waals surface area contributed by atoms with Gasteiger partial charge in [0.15, 0.2) is 0 Å². The summed E-state index contributed by atoms with van der Waals surface area (Å²) >= 11 is 2.20. The molecule has 1 heterocycles. The molecule has 0 bridgehead atoms. The minimum absolute atomic E-state index is 0. The molecule has 0 aromatic carbocycles. The summed E-state index contributed by atoms with van der Waals surface area (Å²) in [6, 6.07) is 5.26. The Balaban J connectivity index is 0.000000640. The van der Waals surface area contributed by atoms with Crippen LogP contribution in [-0.2, 0) is 19.5 Å². The standard InChI is InChI=1S/C5H5NOSe.Zn/c7-6-4-2-1-3-5(6)8;/h1-4,8H;. The number of hydrogen-bond acceptors (Lipinski definition) is 1. The first-order valence-corrected chi connectivity index (χ1v) is 3.11. The van der Waals surface area contributed by atoms with E-state index >= 15 is 0 Å². The molecular formula is C5H5NOSeZn. The summed E-state index contributed by atoms with van der Waals surface area (Å²) < 4.78 is 1.47. The van der Waals surface area contributed by atoms with Crippen LogP contribution in [0.5, 0.6) is 0 Å². The Hall–Kier alpha value is 0.0929. The molecule has 1 aromatic heterocycles. The van der Waals surface area contributed by atoms with Gasteiger partial charge in [0.2, 0.25) is 0 Å². The van der Waals surface area contributed by atoms with E-state index in [9.17, 15) is 5.21 Å². The number of rotatable bonds is 0. The third-order valence-electron chi connectivity index (χ3n) is 0.804. The van der Waals surface area contributed by atoms with Crippen LogP contribution in [0.2, 0.25) is 0 Å². The van der Waals surface area contributed by atoms with E-state index < -0.39 is 0 Å². The molecule has 0 fully saturated rings. The number of aromatic nitrogens is 1. The monoisotopic (exact) mass is 239 g/mol. The summed E-state index contributed by atoms with van der Waals surface area (Å²) in [4.78, 5) is 0. The Morgan fingerprint density at radius 1 is 1.44 bits per heavy atom. The Kier molecular flexibility index (Phi) is 4.04. The van der Waals surface area contributed by atoms with Crippen LogP contribution in [0.3, 0.4) is 0 Å². The molecule has 9 heavy (non-hydrogen) atoms. The first kappa shape index (κ1) is 9.09. The van der Waals surface area contributed by atoms with Crippen molar-refractivity contribution < 1.29 is 24.2 Å². The first-order valence-electron chi connectivity index (χ1n) is 2.18. The molecular weight excluding hydrogens is 234 g/mol. The average Bonchev–Trinajstić information content (AvgIpc) is 1.77. The van der Waals surface area contributed by atoms with Crippen molar-refractivity contribution in [3.63, 3.8) is 0 Å². The fourth-order valence-corrected chi connectivity index (χ4v) is 0.740. The Morgan fingerprint density at radius 2 is 2.11 bits per heavy atom. The quantitative estimate of drug-likeness (QED) is 0.319. The summed E-state index contributed by atoms with van der Waals surface area (Å²) in [7, 11) is 0. The third kappa shape index (κ3) is 2.44. The van der Waals surface area contributed by atoms with Gasteiger partial charge < -0.3 is 0 Å². The summed E-state index contributed by atoms with van der Waals surface area (Å²) in [6.07, 6.45) is 1.47. The van der Waals surface area contributed by atoms with Crippen LogP contribution in [-0.4, -0.2) is 16.0 Å². The van der Waals surface area contributed by atoms with Crippen molar-refractivity contribution in [1.82, 2.24) is 0 Å². The molecule has 0 aliphatic heterocycles. The molecule has 0 atom stereocenters. The van der Waals surface area contributed by atoms with E-state index in [1.807, 2.05) is 6.07 Å². The maximum Gasteiger partial charge on any atom is 0 e. The van der Waals surface area contributed by atoms with Crippen molar-refractivity contribution in [2.45, 2.75) is 0 Å². The fourth-order valence-electron chi connectivity index (χ4n) is 0.419. The van der Waals surface area contributed by atoms with E-state index in [2.05, 4.69) is 16.0 Å². The minimum Gasteiger partial charge on any atom is 0 e. The van der Waals surface area contributed by atoms with Gasteiger partial charge in [-0.25, -0.2) is 0 Å². The van der Waals surface area contributed by atoms with E-state index in [1.54, 1.807) is 12.1 Å². The molecule has 0 spiro atoms. The van der Waals surface area contributed by atoms with E-state index in [4.69, 9.17) is 0 Å². The third-order valence-corrected chi connectivity index (χ3v) is 1.53. The Labute approximate surface area is 74.4 Å². The van der Waals surface area contributed by atoms with Gasteiger partial charge in [-0.05, 0) is 0 Å². The second kappa shape index (κ2) is 4.00. The molecule has 0 saturated carbocycles. The van der Waals surface area contributed by atoms with Crippen molar-refractivity contribution in [2.75, 3.05) is 0 Å². The predicted molar refractivity (Wildman–Crippen MR) is 32.2 cm³/mol. The summed E-state index contributed by atoms with van der Waals surface area (Å²) in [5.74, 6) is 0. The molecule has 0 aliphatic carbocycles. The molecule has 2 nitrogen and oxygen atoms in total. The van der Waals surface area contributed by atoms with Gasteiger partial charge in [0.25, 0.3) is 0 Å². The van der Waals surface area contributed by atoms with Crippen LogP contribution < -0.4 is 9.32 Å². The van der Waals surface area contributed by atoms with Crippen molar-refractivity contribution >= 4 is 20.6 Å². The fraction of sp³-hybridized carbons (Fsp3) is 0. The SMILES string of the molecule is [O-][n+]1ccccc1[SeH].[Zn]. The van der Waals surface area contributed by atoms with Gasteiger partial charge in [-0.3, -0.25) is 0 Å². The average molecular weight is 239 g/mol. The zero-order valence-electron chi connectivity index (χ0n) is 4.82. The Morgan fingerprint density at radius 3 is 2.44 bits per heavy atom. The zero-order chi connectivity index (χ0) is 5.98. The summed E-state index contributed by atoms with van der Waals surface area (Å²) in [5.41, 5.74) is 0. The van der Waals surface area contributed by atoms with Gasteiger partial charge in [-0.15, -0.1) is 0 Å². The van der Waals surface area contributed by atoms with Gasteiger partial charge in [0, 0.05) is 19.5 Å². The molecule has 44 valence electrons. The van der Waals surface area contributed by atoms with Gasteiger partial charge >= 0.3 is 54.9 Å². The predicted octanol–water partition coefficient (Wildman–Crippen LogP) is -1.16. The molecule has 1 aromatic rings. The summed E-state index contributed by atoms with van der Waals surface area (Å²) in [6.45, 7) is 0. The zero-order valence-corrected chi connectivity index (χ0v) is 9.66. The number of nitrogens with zero attached hydrogens (tertiary/aromatic N) is 1. The molecule has 4 heteroatoms. The molecule has 0 unspecified atom stereocenters. The largest absolute Gasteiger partial charge is 0 e. The maximum absolute atomic E-state index is 10.5. The number of hydrogen-bond donors (Lipinski definition) is 0. The topological polar surface area (TPSA) is 26.9 Å². The van der Waals surface area contributed by atoms with Crippen LogP contribution in [0, 0.1) is 5.21 Å². The van der Waals surface area contributed by atoms with Crippen LogP contribution >= 0.6 is 0 Å². The molecule has 0 aliphatic rings. The molecule has 0 saturated heterocycles. The van der Waals surface area contributed by atoms with Crippen LogP contribution in [0.1, 0.15) is 0 Å². The van der Waals surface area contributed by atoms with Gasteiger partial charge in [0.1, 0.15) is 0 Å². The molecule has 0 amide bonds. The molecule has 0 N–H and O–H groups in total. The van der Waals surface area contributed by atoms with Gasteiger partial charge in [0.05, 0.1) is 0 Å². The molecule has 0 radical (unpaired) electrons. The van der Waals surface area contributed by atoms with E-state index in [1.165, 1.54) is 6.20 Å². The Bertz CT molecular complexity index is 173. The number of pyridine rings is 1. The second-order valence-electron chi connectivity index (χ2n) is 1.38.